The molecule has 0 fully saturated rings. The van der Waals surface area contributed by atoms with Crippen molar-refractivity contribution in [1.29, 1.82) is 0 Å². The van der Waals surface area contributed by atoms with Crippen molar-refractivity contribution in [2.75, 3.05) is 32.1 Å². The van der Waals surface area contributed by atoms with Crippen molar-refractivity contribution in [3.8, 4) is 0 Å². The largest absolute Gasteiger partial charge is 0.370 e. The number of nitrogens with zero attached hydrogens (tertiary/aromatic N) is 2. The Kier molecular flexibility index (Phi) is 6.94. The zero-order valence-corrected chi connectivity index (χ0v) is 10.4. The van der Waals surface area contributed by atoms with Gasteiger partial charge < -0.3 is 16.4 Å². The van der Waals surface area contributed by atoms with E-state index >= 15 is 0 Å². The summed E-state index contributed by atoms with van der Waals surface area (Å²) in [6.07, 6.45) is 0. The first-order valence-corrected chi connectivity index (χ1v) is 5.95. The Labute approximate surface area is 95.3 Å². The summed E-state index contributed by atoms with van der Waals surface area (Å²) in [5.41, 5.74) is 10.4. The lowest BCUT2D eigenvalue weighted by molar-refractivity contribution is -0.131. The lowest BCUT2D eigenvalue weighted by Gasteiger charge is -2.15. The van der Waals surface area contributed by atoms with E-state index in [0.717, 1.165) is 11.5 Å². The standard InChI is InChI=1S/C9H20N4OS/c1-7(8(14)13(2)3)6-15-5-4-12-9(10)11/h7H,4-6H2,1-3H3,(H4,10,11,12)/t7-/m1/s1. The Bertz CT molecular complexity index is 226. The molecule has 88 valence electrons. The van der Waals surface area contributed by atoms with E-state index in [2.05, 4.69) is 4.99 Å². The number of hydrogen-bond acceptors (Lipinski definition) is 3. The lowest BCUT2D eigenvalue weighted by atomic mass is 10.2. The maximum atomic E-state index is 11.5. The van der Waals surface area contributed by atoms with Crippen LogP contribution in [0.3, 0.4) is 0 Å². The van der Waals surface area contributed by atoms with E-state index in [1.54, 1.807) is 30.8 Å². The molecule has 0 radical (unpaired) electrons. The van der Waals surface area contributed by atoms with Crippen LogP contribution in [0.15, 0.2) is 4.99 Å². The lowest BCUT2D eigenvalue weighted by Crippen LogP contribution is -2.29. The van der Waals surface area contributed by atoms with Gasteiger partial charge in [-0.2, -0.15) is 11.8 Å². The second kappa shape index (κ2) is 7.39. The van der Waals surface area contributed by atoms with Crippen LogP contribution in [0.4, 0.5) is 0 Å². The molecule has 0 aliphatic rings. The van der Waals surface area contributed by atoms with Gasteiger partial charge in [-0.15, -0.1) is 0 Å². The van der Waals surface area contributed by atoms with Crippen LogP contribution in [0.25, 0.3) is 0 Å². The molecule has 4 N–H and O–H groups in total. The van der Waals surface area contributed by atoms with Crippen molar-refractivity contribution in [2.45, 2.75) is 6.92 Å². The first-order valence-electron chi connectivity index (χ1n) is 4.79. The van der Waals surface area contributed by atoms with Gasteiger partial charge in [-0.05, 0) is 0 Å². The van der Waals surface area contributed by atoms with Crippen molar-refractivity contribution in [2.24, 2.45) is 22.4 Å². The normalized spacial score (nSPS) is 11.9. The number of carbonyl (C=O) groups excluding carboxylic acids is 1. The molecule has 0 unspecified atom stereocenters. The summed E-state index contributed by atoms with van der Waals surface area (Å²) >= 11 is 1.68. The topological polar surface area (TPSA) is 84.7 Å². The molecule has 0 saturated carbocycles. The summed E-state index contributed by atoms with van der Waals surface area (Å²) in [5.74, 6) is 1.96. The van der Waals surface area contributed by atoms with Gasteiger partial charge in [0.1, 0.15) is 0 Å². The van der Waals surface area contributed by atoms with Crippen molar-refractivity contribution in [1.82, 2.24) is 4.90 Å². The molecular weight excluding hydrogens is 212 g/mol. The minimum atomic E-state index is 0.0456. The smallest absolute Gasteiger partial charge is 0.225 e. The number of carbonyl (C=O) groups is 1. The van der Waals surface area contributed by atoms with E-state index < -0.39 is 0 Å². The summed E-state index contributed by atoms with van der Waals surface area (Å²) in [6.45, 7) is 2.53. The van der Waals surface area contributed by atoms with Gasteiger partial charge in [-0.1, -0.05) is 6.92 Å². The quantitative estimate of drug-likeness (QED) is 0.375. The maximum absolute atomic E-state index is 11.5. The third kappa shape index (κ3) is 7.07. The van der Waals surface area contributed by atoms with E-state index in [1.165, 1.54) is 0 Å². The molecule has 0 spiro atoms. The molecule has 1 amide bonds. The van der Waals surface area contributed by atoms with Crippen molar-refractivity contribution >= 4 is 23.6 Å². The highest BCUT2D eigenvalue weighted by molar-refractivity contribution is 7.99. The molecule has 0 aromatic carbocycles. The summed E-state index contributed by atoms with van der Waals surface area (Å²) in [7, 11) is 3.53. The van der Waals surface area contributed by atoms with Gasteiger partial charge in [0.2, 0.25) is 5.91 Å². The van der Waals surface area contributed by atoms with Crippen molar-refractivity contribution in [3.63, 3.8) is 0 Å². The number of nitrogens with two attached hydrogens (primary N) is 2. The van der Waals surface area contributed by atoms with E-state index in [9.17, 15) is 4.79 Å². The summed E-state index contributed by atoms with van der Waals surface area (Å²) in [4.78, 5) is 16.9. The molecule has 1 atom stereocenters. The number of aliphatic imine (C=N–C) groups is 1. The van der Waals surface area contributed by atoms with Gasteiger partial charge in [0.05, 0.1) is 6.54 Å². The molecule has 0 aromatic heterocycles. The highest BCUT2D eigenvalue weighted by Gasteiger charge is 2.13. The summed E-state index contributed by atoms with van der Waals surface area (Å²) in [6, 6.07) is 0. The molecule has 15 heavy (non-hydrogen) atoms. The number of hydrogen-bond donors (Lipinski definition) is 2. The third-order valence-electron chi connectivity index (χ3n) is 1.76. The van der Waals surface area contributed by atoms with Gasteiger partial charge in [-0.3, -0.25) is 9.79 Å². The molecule has 0 aliphatic carbocycles. The van der Waals surface area contributed by atoms with E-state index in [-0.39, 0.29) is 17.8 Å². The number of guanidine groups is 1. The Morgan fingerprint density at radius 1 is 1.47 bits per heavy atom. The van der Waals surface area contributed by atoms with Crippen LogP contribution in [-0.2, 0) is 4.79 Å². The van der Waals surface area contributed by atoms with Crippen LogP contribution >= 0.6 is 11.8 Å². The van der Waals surface area contributed by atoms with Crippen LogP contribution in [0.5, 0.6) is 0 Å². The van der Waals surface area contributed by atoms with Gasteiger partial charge in [0, 0.05) is 31.5 Å². The van der Waals surface area contributed by atoms with Crippen LogP contribution in [-0.4, -0.2) is 48.9 Å². The maximum Gasteiger partial charge on any atom is 0.225 e. The van der Waals surface area contributed by atoms with Crippen LogP contribution < -0.4 is 11.5 Å². The van der Waals surface area contributed by atoms with Crippen LogP contribution in [0, 0.1) is 5.92 Å². The number of amides is 1. The molecule has 0 bridgehead atoms. The van der Waals surface area contributed by atoms with E-state index in [1.807, 2.05) is 6.92 Å². The first-order chi connectivity index (χ1) is 6.95. The van der Waals surface area contributed by atoms with Gasteiger partial charge in [0.25, 0.3) is 0 Å². The minimum Gasteiger partial charge on any atom is -0.370 e. The molecular formula is C9H20N4OS. The predicted molar refractivity (Wildman–Crippen MR) is 65.9 cm³/mol. The van der Waals surface area contributed by atoms with E-state index in [4.69, 9.17) is 11.5 Å². The average molecular weight is 232 g/mol. The number of rotatable bonds is 6. The average Bonchev–Trinajstić information content (AvgIpc) is 2.15. The highest BCUT2D eigenvalue weighted by Crippen LogP contribution is 2.09. The molecule has 0 saturated heterocycles. The monoisotopic (exact) mass is 232 g/mol. The third-order valence-corrected chi connectivity index (χ3v) is 2.97. The second-order valence-corrected chi connectivity index (χ2v) is 4.67. The van der Waals surface area contributed by atoms with Gasteiger partial charge in [-0.25, -0.2) is 0 Å². The molecule has 0 heterocycles. The fourth-order valence-corrected chi connectivity index (χ4v) is 1.89. The fourth-order valence-electron chi connectivity index (χ4n) is 1.01. The van der Waals surface area contributed by atoms with Gasteiger partial charge in [0.15, 0.2) is 5.96 Å². The Hall–Kier alpha value is -0.910. The number of thioether (sulfide) groups is 1. The minimum absolute atomic E-state index is 0.0456. The van der Waals surface area contributed by atoms with Crippen molar-refractivity contribution < 1.29 is 4.79 Å². The van der Waals surface area contributed by atoms with Crippen molar-refractivity contribution in [3.05, 3.63) is 0 Å². The molecule has 0 rings (SSSR count). The zero-order chi connectivity index (χ0) is 11.8. The Morgan fingerprint density at radius 3 is 2.53 bits per heavy atom. The summed E-state index contributed by atoms with van der Waals surface area (Å²) < 4.78 is 0. The summed E-state index contributed by atoms with van der Waals surface area (Å²) in [5, 5.41) is 0. The molecule has 0 aromatic rings. The SMILES string of the molecule is C[C@H](CSCCN=C(N)N)C(=O)N(C)C. The van der Waals surface area contributed by atoms with E-state index in [0.29, 0.717) is 6.54 Å². The highest BCUT2D eigenvalue weighted by atomic mass is 32.2. The second-order valence-electron chi connectivity index (χ2n) is 3.52. The molecule has 6 heteroatoms. The predicted octanol–water partition coefficient (Wildman–Crippen LogP) is -0.283. The van der Waals surface area contributed by atoms with Crippen LogP contribution in [0.1, 0.15) is 6.92 Å². The molecule has 0 aliphatic heterocycles. The fraction of sp³-hybridized carbons (Fsp3) is 0.778. The zero-order valence-electron chi connectivity index (χ0n) is 9.56. The first kappa shape index (κ1) is 14.1. The Balaban J connectivity index is 3.60. The molecule has 5 nitrogen and oxygen atoms in total. The Morgan fingerprint density at radius 2 is 2.07 bits per heavy atom. The van der Waals surface area contributed by atoms with Crippen LogP contribution in [0.2, 0.25) is 0 Å². The van der Waals surface area contributed by atoms with Gasteiger partial charge >= 0.3 is 0 Å².